The Kier molecular flexibility index (Phi) is 6.10. The lowest BCUT2D eigenvalue weighted by atomic mass is 10.0. The number of halogens is 1. The number of sulfonamides is 1. The van der Waals surface area contributed by atoms with Crippen LogP contribution in [-0.2, 0) is 14.8 Å². The van der Waals surface area contributed by atoms with Gasteiger partial charge in [0.05, 0.1) is 16.6 Å². The van der Waals surface area contributed by atoms with Crippen LogP contribution in [0.2, 0.25) is 5.28 Å². The average Bonchev–Trinajstić information content (AvgIpc) is 2.54. The number of aromatic nitrogens is 2. The third-order valence-electron chi connectivity index (χ3n) is 3.36. The van der Waals surface area contributed by atoms with E-state index >= 15 is 0 Å². The van der Waals surface area contributed by atoms with Gasteiger partial charge in [-0.3, -0.25) is 4.79 Å². The molecule has 2 rings (SSSR count). The lowest BCUT2D eigenvalue weighted by molar-refractivity contribution is -0.120. The molecule has 7 nitrogen and oxygen atoms in total. The van der Waals surface area contributed by atoms with Crippen LogP contribution in [0.25, 0.3) is 11.3 Å². The highest BCUT2D eigenvalue weighted by atomic mass is 35.5. The molecule has 134 valence electrons. The second-order valence-corrected chi connectivity index (χ2v) is 7.96. The first-order valence-corrected chi connectivity index (χ1v) is 9.46. The normalized spacial score (nSPS) is 12.8. The van der Waals surface area contributed by atoms with Crippen LogP contribution in [0, 0.1) is 5.92 Å². The summed E-state index contributed by atoms with van der Waals surface area (Å²) in [5.74, 6) is -0.557. The summed E-state index contributed by atoms with van der Waals surface area (Å²) < 4.78 is 26.9. The van der Waals surface area contributed by atoms with Gasteiger partial charge in [0.2, 0.25) is 5.28 Å². The van der Waals surface area contributed by atoms with Crippen molar-refractivity contribution in [3.63, 3.8) is 0 Å². The molecular weight excluding hydrogens is 364 g/mol. The van der Waals surface area contributed by atoms with E-state index in [1.54, 1.807) is 18.2 Å². The maximum absolute atomic E-state index is 12.4. The van der Waals surface area contributed by atoms with Gasteiger partial charge in [0.1, 0.15) is 0 Å². The Morgan fingerprint density at radius 3 is 2.68 bits per heavy atom. The molecular formula is C16H19ClN4O3S. The summed E-state index contributed by atoms with van der Waals surface area (Å²) in [7, 11) is -4.04. The van der Waals surface area contributed by atoms with E-state index in [9.17, 15) is 13.2 Å². The zero-order chi connectivity index (χ0) is 18.6. The minimum atomic E-state index is -4.04. The summed E-state index contributed by atoms with van der Waals surface area (Å²) in [5, 5.41) is 0.0544. The van der Waals surface area contributed by atoms with E-state index in [0.717, 1.165) is 0 Å². The van der Waals surface area contributed by atoms with Gasteiger partial charge in [-0.25, -0.2) is 23.1 Å². The van der Waals surface area contributed by atoms with Crippen molar-refractivity contribution in [1.82, 2.24) is 14.7 Å². The van der Waals surface area contributed by atoms with E-state index in [0.29, 0.717) is 17.7 Å². The summed E-state index contributed by atoms with van der Waals surface area (Å²) in [6.45, 7) is 3.80. The number of nitrogens with zero attached hydrogens (tertiary/aromatic N) is 2. The minimum absolute atomic E-state index is 0.0544. The Hall–Kier alpha value is -2.03. The molecule has 1 amide bonds. The van der Waals surface area contributed by atoms with Gasteiger partial charge < -0.3 is 5.73 Å². The summed E-state index contributed by atoms with van der Waals surface area (Å²) >= 11 is 5.76. The van der Waals surface area contributed by atoms with Crippen LogP contribution in [0.5, 0.6) is 0 Å². The quantitative estimate of drug-likeness (QED) is 0.738. The molecule has 3 N–H and O–H groups in total. The molecule has 0 unspecified atom stereocenters. The van der Waals surface area contributed by atoms with Crippen molar-refractivity contribution < 1.29 is 13.2 Å². The lowest BCUT2D eigenvalue weighted by Crippen LogP contribution is -2.43. The fourth-order valence-electron chi connectivity index (χ4n) is 2.20. The first-order valence-electron chi connectivity index (χ1n) is 7.60. The number of benzene rings is 1. The lowest BCUT2D eigenvalue weighted by Gasteiger charge is -2.14. The van der Waals surface area contributed by atoms with E-state index in [1.165, 1.54) is 18.3 Å². The van der Waals surface area contributed by atoms with Crippen LogP contribution >= 0.6 is 11.6 Å². The van der Waals surface area contributed by atoms with Gasteiger partial charge in [-0.2, -0.15) is 0 Å². The molecule has 0 fully saturated rings. The molecule has 2 aromatic rings. The van der Waals surface area contributed by atoms with Crippen LogP contribution in [-0.4, -0.2) is 30.3 Å². The summed E-state index contributed by atoms with van der Waals surface area (Å²) in [6.07, 6.45) is 1.86. The van der Waals surface area contributed by atoms with E-state index in [4.69, 9.17) is 17.3 Å². The van der Waals surface area contributed by atoms with Crippen molar-refractivity contribution in [3.8, 4) is 11.3 Å². The highest BCUT2D eigenvalue weighted by Gasteiger charge is 2.23. The SMILES string of the molecule is CC(C)C[C@H](N)C(=O)NS(=O)(=O)c1cccc(-c2ccnc(Cl)n2)c1. The Balaban J connectivity index is 2.25. The maximum Gasteiger partial charge on any atom is 0.264 e. The molecule has 0 spiro atoms. The number of carbonyl (C=O) groups is 1. The molecule has 0 aliphatic carbocycles. The molecule has 0 aliphatic rings. The topological polar surface area (TPSA) is 115 Å². The Labute approximate surface area is 151 Å². The number of carbonyl (C=O) groups excluding carboxylic acids is 1. The standard InChI is InChI=1S/C16H19ClN4O3S/c1-10(2)8-13(18)15(22)21-25(23,24)12-5-3-4-11(9-12)14-6-7-19-16(17)20-14/h3-7,9-10,13H,8,18H2,1-2H3,(H,21,22)/t13-/m0/s1. The molecule has 1 aromatic heterocycles. The molecule has 0 aliphatic heterocycles. The van der Waals surface area contributed by atoms with Gasteiger partial charge in [0, 0.05) is 11.8 Å². The second kappa shape index (κ2) is 7.90. The Bertz CT molecular complexity index is 871. The van der Waals surface area contributed by atoms with Crippen molar-refractivity contribution in [2.24, 2.45) is 11.7 Å². The van der Waals surface area contributed by atoms with Crippen LogP contribution in [0.3, 0.4) is 0 Å². The summed E-state index contributed by atoms with van der Waals surface area (Å²) in [6, 6.07) is 6.74. The zero-order valence-corrected chi connectivity index (χ0v) is 15.4. The van der Waals surface area contributed by atoms with Crippen molar-refractivity contribution in [1.29, 1.82) is 0 Å². The first-order chi connectivity index (χ1) is 11.7. The predicted octanol–water partition coefficient (Wildman–Crippen LogP) is 1.98. The fourth-order valence-corrected chi connectivity index (χ4v) is 3.42. The maximum atomic E-state index is 12.4. The van der Waals surface area contributed by atoms with Gasteiger partial charge in [-0.15, -0.1) is 0 Å². The van der Waals surface area contributed by atoms with Crippen molar-refractivity contribution in [2.45, 2.75) is 31.2 Å². The van der Waals surface area contributed by atoms with Gasteiger partial charge in [0.25, 0.3) is 15.9 Å². The number of nitrogens with two attached hydrogens (primary N) is 1. The van der Waals surface area contributed by atoms with E-state index in [2.05, 4.69) is 9.97 Å². The van der Waals surface area contributed by atoms with Gasteiger partial charge in [-0.1, -0.05) is 26.0 Å². The molecule has 1 atom stereocenters. The number of nitrogens with one attached hydrogen (secondary N) is 1. The van der Waals surface area contributed by atoms with E-state index in [1.807, 2.05) is 18.6 Å². The minimum Gasteiger partial charge on any atom is -0.320 e. The van der Waals surface area contributed by atoms with E-state index < -0.39 is 22.0 Å². The third-order valence-corrected chi connectivity index (χ3v) is 4.89. The Morgan fingerprint density at radius 1 is 1.32 bits per heavy atom. The molecule has 0 bridgehead atoms. The van der Waals surface area contributed by atoms with Gasteiger partial charge in [-0.05, 0) is 42.1 Å². The Morgan fingerprint density at radius 2 is 2.04 bits per heavy atom. The fraction of sp³-hybridized carbons (Fsp3) is 0.312. The molecule has 1 heterocycles. The van der Waals surface area contributed by atoms with Crippen LogP contribution in [0.4, 0.5) is 0 Å². The molecule has 0 saturated carbocycles. The predicted molar refractivity (Wildman–Crippen MR) is 95.2 cm³/mol. The highest BCUT2D eigenvalue weighted by molar-refractivity contribution is 7.90. The number of hydrogen-bond acceptors (Lipinski definition) is 6. The molecule has 9 heteroatoms. The highest BCUT2D eigenvalue weighted by Crippen LogP contribution is 2.21. The first kappa shape index (κ1) is 19.3. The number of rotatable bonds is 6. The van der Waals surface area contributed by atoms with Crippen LogP contribution in [0.1, 0.15) is 20.3 Å². The molecule has 0 saturated heterocycles. The van der Waals surface area contributed by atoms with Crippen molar-refractivity contribution in [2.75, 3.05) is 0 Å². The zero-order valence-electron chi connectivity index (χ0n) is 13.8. The smallest absolute Gasteiger partial charge is 0.264 e. The van der Waals surface area contributed by atoms with Crippen LogP contribution in [0.15, 0.2) is 41.4 Å². The monoisotopic (exact) mass is 382 g/mol. The largest absolute Gasteiger partial charge is 0.320 e. The molecule has 1 aromatic carbocycles. The van der Waals surface area contributed by atoms with Crippen molar-refractivity contribution >= 4 is 27.5 Å². The summed E-state index contributed by atoms with van der Waals surface area (Å²) in [5.41, 5.74) is 6.74. The van der Waals surface area contributed by atoms with Gasteiger partial charge >= 0.3 is 0 Å². The third kappa shape index (κ3) is 5.22. The number of hydrogen-bond donors (Lipinski definition) is 2. The summed E-state index contributed by atoms with van der Waals surface area (Å²) in [4.78, 5) is 19.8. The van der Waals surface area contributed by atoms with Crippen molar-refractivity contribution in [3.05, 3.63) is 41.8 Å². The average molecular weight is 383 g/mol. The van der Waals surface area contributed by atoms with Crippen LogP contribution < -0.4 is 10.5 Å². The second-order valence-electron chi connectivity index (χ2n) is 5.94. The van der Waals surface area contributed by atoms with E-state index in [-0.39, 0.29) is 16.1 Å². The van der Waals surface area contributed by atoms with Gasteiger partial charge in [0.15, 0.2) is 0 Å². The molecule has 0 radical (unpaired) electrons. The molecule has 25 heavy (non-hydrogen) atoms. The number of amides is 1.